The molecule has 1 amide bonds. The smallest absolute Gasteiger partial charge is 0.230 e. The molecular weight excluding hydrogens is 363 g/mol. The largest absolute Gasteiger partial charge is 0.326 e. The van der Waals surface area contributed by atoms with E-state index in [2.05, 4.69) is 20.6 Å². The summed E-state index contributed by atoms with van der Waals surface area (Å²) >= 11 is 7.09. The van der Waals surface area contributed by atoms with Crippen molar-refractivity contribution in [1.29, 1.82) is 0 Å². The number of nitrogens with zero attached hydrogens (tertiary/aromatic N) is 2. The number of hydrogen-bond donors (Lipinski definition) is 2. The zero-order valence-electron chi connectivity index (χ0n) is 13.2. The molecule has 0 saturated heterocycles. The van der Waals surface area contributed by atoms with Gasteiger partial charge in [-0.05, 0) is 42.8 Å². The van der Waals surface area contributed by atoms with Crippen LogP contribution in [0, 0.1) is 12.7 Å². The van der Waals surface area contributed by atoms with Crippen LogP contribution in [0.3, 0.4) is 0 Å². The monoisotopic (exact) mass is 376 g/mol. The average molecular weight is 377 g/mol. The van der Waals surface area contributed by atoms with Gasteiger partial charge in [0.05, 0.1) is 17.1 Å². The van der Waals surface area contributed by atoms with Crippen molar-refractivity contribution in [3.63, 3.8) is 0 Å². The van der Waals surface area contributed by atoms with E-state index in [1.807, 2.05) is 19.1 Å². The molecule has 128 valence electrons. The van der Waals surface area contributed by atoms with E-state index in [1.54, 1.807) is 11.6 Å². The average Bonchev–Trinajstić information content (AvgIpc) is 2.98. The highest BCUT2D eigenvalue weighted by Crippen LogP contribution is 2.22. The third-order valence-electron chi connectivity index (χ3n) is 3.25. The van der Waals surface area contributed by atoms with E-state index in [9.17, 15) is 9.18 Å². The molecule has 1 aromatic carbocycles. The van der Waals surface area contributed by atoms with Crippen LogP contribution in [0.25, 0.3) is 0 Å². The summed E-state index contributed by atoms with van der Waals surface area (Å²) in [6, 6.07) is 7.84. The number of thiazole rings is 1. The van der Waals surface area contributed by atoms with Crippen molar-refractivity contribution < 1.29 is 9.18 Å². The third kappa shape index (κ3) is 4.74. The van der Waals surface area contributed by atoms with Crippen LogP contribution in [-0.2, 0) is 11.2 Å². The summed E-state index contributed by atoms with van der Waals surface area (Å²) in [4.78, 5) is 20.7. The molecular formula is C17H14ClFN4OS. The molecule has 0 radical (unpaired) electrons. The van der Waals surface area contributed by atoms with Gasteiger partial charge in [-0.25, -0.2) is 14.4 Å². The summed E-state index contributed by atoms with van der Waals surface area (Å²) in [5.41, 5.74) is 2.16. The molecule has 0 aliphatic heterocycles. The molecule has 0 aliphatic rings. The maximum absolute atomic E-state index is 13.1. The molecule has 0 atom stereocenters. The number of aryl methyl sites for hydroxylation is 1. The maximum atomic E-state index is 13.1. The highest BCUT2D eigenvalue weighted by Gasteiger charge is 2.10. The number of carbonyl (C=O) groups is 1. The normalized spacial score (nSPS) is 10.5. The lowest BCUT2D eigenvalue weighted by Crippen LogP contribution is -2.14. The predicted molar refractivity (Wildman–Crippen MR) is 98.1 cm³/mol. The quantitative estimate of drug-likeness (QED) is 0.684. The number of aromatic nitrogens is 2. The molecule has 3 aromatic rings. The maximum Gasteiger partial charge on any atom is 0.230 e. The van der Waals surface area contributed by atoms with Gasteiger partial charge in [-0.1, -0.05) is 11.6 Å². The SMILES string of the molecule is Cc1ccnc(Nc2nc(CC(=O)Nc3ccc(F)c(Cl)c3)cs2)c1. The molecule has 5 nitrogen and oxygen atoms in total. The van der Waals surface area contributed by atoms with Crippen molar-refractivity contribution in [1.82, 2.24) is 9.97 Å². The van der Waals surface area contributed by atoms with Gasteiger partial charge >= 0.3 is 0 Å². The summed E-state index contributed by atoms with van der Waals surface area (Å²) in [6.45, 7) is 1.98. The summed E-state index contributed by atoms with van der Waals surface area (Å²) in [7, 11) is 0. The van der Waals surface area contributed by atoms with E-state index in [1.165, 1.54) is 29.5 Å². The molecule has 0 aliphatic carbocycles. The fourth-order valence-corrected chi connectivity index (χ4v) is 3.00. The molecule has 0 spiro atoms. The Hall–Kier alpha value is -2.51. The van der Waals surface area contributed by atoms with Crippen molar-refractivity contribution in [2.24, 2.45) is 0 Å². The van der Waals surface area contributed by atoms with Gasteiger partial charge in [-0.15, -0.1) is 11.3 Å². The van der Waals surface area contributed by atoms with Crippen molar-refractivity contribution in [3.05, 3.63) is 64.0 Å². The van der Waals surface area contributed by atoms with Gasteiger partial charge in [-0.2, -0.15) is 0 Å². The number of benzene rings is 1. The lowest BCUT2D eigenvalue weighted by molar-refractivity contribution is -0.115. The van der Waals surface area contributed by atoms with Crippen LogP contribution >= 0.6 is 22.9 Å². The lowest BCUT2D eigenvalue weighted by atomic mass is 10.2. The Morgan fingerprint density at radius 2 is 2.16 bits per heavy atom. The van der Waals surface area contributed by atoms with Crippen LogP contribution in [0.4, 0.5) is 21.0 Å². The molecule has 2 aromatic heterocycles. The predicted octanol–water partition coefficient (Wildman–Crippen LogP) is 4.56. The number of amides is 1. The number of halogens is 2. The Kier molecular flexibility index (Phi) is 5.25. The van der Waals surface area contributed by atoms with E-state index in [0.717, 1.165) is 5.56 Å². The van der Waals surface area contributed by atoms with Crippen LogP contribution in [0.1, 0.15) is 11.3 Å². The van der Waals surface area contributed by atoms with Gasteiger partial charge in [0.25, 0.3) is 0 Å². The fourth-order valence-electron chi connectivity index (χ4n) is 2.10. The molecule has 3 rings (SSSR count). The molecule has 0 saturated carbocycles. The number of nitrogens with one attached hydrogen (secondary N) is 2. The molecule has 0 fully saturated rings. The highest BCUT2D eigenvalue weighted by molar-refractivity contribution is 7.13. The first-order valence-electron chi connectivity index (χ1n) is 7.38. The van der Waals surface area contributed by atoms with Crippen LogP contribution in [0.15, 0.2) is 41.9 Å². The number of pyridine rings is 1. The first kappa shape index (κ1) is 17.3. The fraction of sp³-hybridized carbons (Fsp3) is 0.118. The van der Waals surface area contributed by atoms with Gasteiger partial charge in [0, 0.05) is 17.3 Å². The first-order chi connectivity index (χ1) is 12.0. The van der Waals surface area contributed by atoms with Crippen molar-refractivity contribution in [3.8, 4) is 0 Å². The zero-order valence-corrected chi connectivity index (χ0v) is 14.8. The van der Waals surface area contributed by atoms with E-state index in [0.29, 0.717) is 22.3 Å². The molecule has 2 N–H and O–H groups in total. The summed E-state index contributed by atoms with van der Waals surface area (Å²) < 4.78 is 13.1. The van der Waals surface area contributed by atoms with E-state index >= 15 is 0 Å². The first-order valence-corrected chi connectivity index (χ1v) is 8.64. The zero-order chi connectivity index (χ0) is 17.8. The second kappa shape index (κ2) is 7.58. The third-order valence-corrected chi connectivity index (χ3v) is 4.34. The van der Waals surface area contributed by atoms with Crippen LogP contribution in [0.5, 0.6) is 0 Å². The van der Waals surface area contributed by atoms with Gasteiger partial charge in [0.2, 0.25) is 5.91 Å². The lowest BCUT2D eigenvalue weighted by Gasteiger charge is -2.05. The molecule has 0 bridgehead atoms. The number of carbonyl (C=O) groups excluding carboxylic acids is 1. The van der Waals surface area contributed by atoms with Gasteiger partial charge in [-0.3, -0.25) is 4.79 Å². The van der Waals surface area contributed by atoms with E-state index in [4.69, 9.17) is 11.6 Å². The van der Waals surface area contributed by atoms with Crippen molar-refractivity contribution in [2.45, 2.75) is 13.3 Å². The second-order valence-electron chi connectivity index (χ2n) is 5.34. The minimum Gasteiger partial charge on any atom is -0.326 e. The summed E-state index contributed by atoms with van der Waals surface area (Å²) in [6.07, 6.45) is 1.82. The Morgan fingerprint density at radius 3 is 2.92 bits per heavy atom. The minimum absolute atomic E-state index is 0.0383. The highest BCUT2D eigenvalue weighted by atomic mass is 35.5. The Bertz CT molecular complexity index is 915. The van der Waals surface area contributed by atoms with Gasteiger partial charge in [0.1, 0.15) is 11.6 Å². The number of anilines is 3. The van der Waals surface area contributed by atoms with Gasteiger partial charge in [0.15, 0.2) is 5.13 Å². The topological polar surface area (TPSA) is 66.9 Å². The van der Waals surface area contributed by atoms with E-state index < -0.39 is 5.82 Å². The minimum atomic E-state index is -0.528. The Balaban J connectivity index is 1.60. The summed E-state index contributed by atoms with van der Waals surface area (Å²) in [5.74, 6) is -0.0841. The van der Waals surface area contributed by atoms with Gasteiger partial charge < -0.3 is 10.6 Å². The van der Waals surface area contributed by atoms with Crippen LogP contribution in [0.2, 0.25) is 5.02 Å². The standard InChI is InChI=1S/C17H14ClFN4OS/c1-10-4-5-20-15(6-10)23-17-22-12(9-25-17)8-16(24)21-11-2-3-14(19)13(18)7-11/h2-7,9H,8H2,1H3,(H,21,24)(H,20,22,23). The van der Waals surface area contributed by atoms with Crippen molar-refractivity contribution >= 4 is 45.5 Å². The molecule has 8 heteroatoms. The molecule has 0 unspecified atom stereocenters. The molecule has 25 heavy (non-hydrogen) atoms. The summed E-state index contributed by atoms with van der Waals surface area (Å²) in [5, 5.41) is 8.19. The van der Waals surface area contributed by atoms with Crippen LogP contribution in [-0.4, -0.2) is 15.9 Å². The number of rotatable bonds is 5. The van der Waals surface area contributed by atoms with Crippen molar-refractivity contribution in [2.75, 3.05) is 10.6 Å². The van der Waals surface area contributed by atoms with Crippen LogP contribution < -0.4 is 10.6 Å². The Labute approximate surface area is 152 Å². The van der Waals surface area contributed by atoms with E-state index in [-0.39, 0.29) is 17.4 Å². The molecule has 2 heterocycles. The second-order valence-corrected chi connectivity index (χ2v) is 6.61. The number of hydrogen-bond acceptors (Lipinski definition) is 5. The Morgan fingerprint density at radius 1 is 1.32 bits per heavy atom.